The summed E-state index contributed by atoms with van der Waals surface area (Å²) >= 11 is 5.97. The van der Waals surface area contributed by atoms with Crippen LogP contribution in [0.15, 0.2) is 18.2 Å². The zero-order chi connectivity index (χ0) is 11.3. The Morgan fingerprint density at radius 1 is 1.33 bits per heavy atom. The predicted octanol–water partition coefficient (Wildman–Crippen LogP) is 4.23. The maximum atomic E-state index is 6.11. The van der Waals surface area contributed by atoms with Crippen molar-refractivity contribution >= 4 is 11.6 Å². The average Bonchev–Trinajstić information content (AvgIpc) is 2.22. The normalized spacial score (nSPS) is 12.8. The zero-order valence-electron chi connectivity index (χ0n) is 9.59. The third kappa shape index (κ3) is 3.84. The average molecular weight is 226 g/mol. The summed E-state index contributed by atoms with van der Waals surface area (Å²) in [6.45, 7) is 4.22. The van der Waals surface area contributed by atoms with E-state index in [1.54, 1.807) is 0 Å². The van der Waals surface area contributed by atoms with Gasteiger partial charge in [-0.15, -0.1) is 0 Å². The molecule has 0 heterocycles. The predicted molar refractivity (Wildman–Crippen MR) is 67.3 cm³/mol. The van der Waals surface area contributed by atoms with E-state index in [0.29, 0.717) is 0 Å². The Morgan fingerprint density at radius 3 is 2.67 bits per heavy atom. The molecule has 0 bridgehead atoms. The molecular formula is C13H20ClN. The minimum atomic E-state index is 0.160. The molecule has 1 atom stereocenters. The second-order valence-electron chi connectivity index (χ2n) is 4.11. The third-order valence-corrected chi connectivity index (χ3v) is 3.15. The van der Waals surface area contributed by atoms with Crippen molar-refractivity contribution in [3.63, 3.8) is 0 Å². The zero-order valence-corrected chi connectivity index (χ0v) is 10.3. The van der Waals surface area contributed by atoms with Crippen molar-refractivity contribution in [3.8, 4) is 0 Å². The molecule has 0 saturated heterocycles. The van der Waals surface area contributed by atoms with Gasteiger partial charge in [0.2, 0.25) is 0 Å². The molecule has 0 unspecified atom stereocenters. The van der Waals surface area contributed by atoms with E-state index in [-0.39, 0.29) is 6.04 Å². The fraction of sp³-hybridized carbons (Fsp3) is 0.538. The molecule has 1 aromatic carbocycles. The van der Waals surface area contributed by atoms with Crippen molar-refractivity contribution in [3.05, 3.63) is 34.3 Å². The van der Waals surface area contributed by atoms with E-state index in [1.165, 1.54) is 24.8 Å². The highest BCUT2D eigenvalue weighted by Crippen LogP contribution is 2.22. The Hall–Kier alpha value is -0.530. The van der Waals surface area contributed by atoms with E-state index in [9.17, 15) is 0 Å². The van der Waals surface area contributed by atoms with Gasteiger partial charge in [0.25, 0.3) is 0 Å². The first-order valence-electron chi connectivity index (χ1n) is 5.66. The van der Waals surface area contributed by atoms with Crippen molar-refractivity contribution in [2.75, 3.05) is 0 Å². The maximum absolute atomic E-state index is 6.11. The summed E-state index contributed by atoms with van der Waals surface area (Å²) in [5, 5.41) is 0.819. The van der Waals surface area contributed by atoms with E-state index in [4.69, 9.17) is 17.3 Å². The van der Waals surface area contributed by atoms with Crippen LogP contribution in [0.1, 0.15) is 49.8 Å². The number of aryl methyl sites for hydroxylation is 1. The van der Waals surface area contributed by atoms with Crippen LogP contribution in [0.3, 0.4) is 0 Å². The van der Waals surface area contributed by atoms with Crippen molar-refractivity contribution in [2.45, 2.75) is 45.6 Å². The van der Waals surface area contributed by atoms with E-state index in [2.05, 4.69) is 13.0 Å². The van der Waals surface area contributed by atoms with Gasteiger partial charge in [0, 0.05) is 11.1 Å². The van der Waals surface area contributed by atoms with Crippen molar-refractivity contribution in [2.24, 2.45) is 5.73 Å². The maximum Gasteiger partial charge on any atom is 0.0435 e. The summed E-state index contributed by atoms with van der Waals surface area (Å²) in [4.78, 5) is 0. The fourth-order valence-electron chi connectivity index (χ4n) is 1.68. The fourth-order valence-corrected chi connectivity index (χ4v) is 1.80. The smallest absolute Gasteiger partial charge is 0.0435 e. The van der Waals surface area contributed by atoms with Gasteiger partial charge >= 0.3 is 0 Å². The van der Waals surface area contributed by atoms with Gasteiger partial charge in [0.15, 0.2) is 0 Å². The SMILES string of the molecule is CCCCC[C@@H](N)c1ccc(Cl)c(C)c1. The lowest BCUT2D eigenvalue weighted by atomic mass is 10.00. The highest BCUT2D eigenvalue weighted by molar-refractivity contribution is 6.31. The molecule has 84 valence electrons. The van der Waals surface area contributed by atoms with Crippen molar-refractivity contribution in [1.82, 2.24) is 0 Å². The van der Waals surface area contributed by atoms with Gasteiger partial charge < -0.3 is 5.73 Å². The second kappa shape index (κ2) is 6.14. The Labute approximate surface area is 97.6 Å². The van der Waals surface area contributed by atoms with Crippen LogP contribution in [0.25, 0.3) is 0 Å². The van der Waals surface area contributed by atoms with Crippen LogP contribution in [0.2, 0.25) is 5.02 Å². The number of hydrogen-bond donors (Lipinski definition) is 1. The number of nitrogens with two attached hydrogens (primary N) is 1. The molecule has 0 radical (unpaired) electrons. The molecule has 0 saturated carbocycles. The van der Waals surface area contributed by atoms with E-state index >= 15 is 0 Å². The lowest BCUT2D eigenvalue weighted by Gasteiger charge is -2.12. The molecule has 15 heavy (non-hydrogen) atoms. The molecular weight excluding hydrogens is 206 g/mol. The van der Waals surface area contributed by atoms with Gasteiger partial charge in [0.1, 0.15) is 0 Å². The first-order valence-corrected chi connectivity index (χ1v) is 6.04. The molecule has 1 aromatic rings. The summed E-state index contributed by atoms with van der Waals surface area (Å²) in [6.07, 6.45) is 4.78. The molecule has 0 aliphatic heterocycles. The highest BCUT2D eigenvalue weighted by Gasteiger charge is 2.06. The lowest BCUT2D eigenvalue weighted by molar-refractivity contribution is 0.581. The minimum Gasteiger partial charge on any atom is -0.324 e. The van der Waals surface area contributed by atoms with E-state index < -0.39 is 0 Å². The minimum absolute atomic E-state index is 0.160. The molecule has 2 N–H and O–H groups in total. The van der Waals surface area contributed by atoms with E-state index in [0.717, 1.165) is 17.0 Å². The van der Waals surface area contributed by atoms with Gasteiger partial charge in [0.05, 0.1) is 0 Å². The Bertz CT molecular complexity index is 309. The molecule has 2 heteroatoms. The molecule has 1 rings (SSSR count). The molecule has 0 spiro atoms. The van der Waals surface area contributed by atoms with Crippen molar-refractivity contribution < 1.29 is 0 Å². The molecule has 1 nitrogen and oxygen atoms in total. The molecule has 0 aliphatic carbocycles. The highest BCUT2D eigenvalue weighted by atomic mass is 35.5. The van der Waals surface area contributed by atoms with Gasteiger partial charge in [-0.1, -0.05) is 49.9 Å². The summed E-state index contributed by atoms with van der Waals surface area (Å²) < 4.78 is 0. The Morgan fingerprint density at radius 2 is 2.07 bits per heavy atom. The number of unbranched alkanes of at least 4 members (excludes halogenated alkanes) is 2. The van der Waals surface area contributed by atoms with Crippen LogP contribution in [0, 0.1) is 6.92 Å². The van der Waals surface area contributed by atoms with Crippen LogP contribution in [-0.2, 0) is 0 Å². The van der Waals surface area contributed by atoms with Crippen LogP contribution >= 0.6 is 11.6 Å². The van der Waals surface area contributed by atoms with E-state index in [1.807, 2.05) is 19.1 Å². The molecule has 0 aromatic heterocycles. The van der Waals surface area contributed by atoms with Gasteiger partial charge in [-0.05, 0) is 30.5 Å². The van der Waals surface area contributed by atoms with Gasteiger partial charge in [-0.2, -0.15) is 0 Å². The number of benzene rings is 1. The first kappa shape index (κ1) is 12.5. The van der Waals surface area contributed by atoms with Crippen molar-refractivity contribution in [1.29, 1.82) is 0 Å². The van der Waals surface area contributed by atoms with Gasteiger partial charge in [-0.25, -0.2) is 0 Å². The first-order chi connectivity index (χ1) is 7.15. The Kier molecular flexibility index (Phi) is 5.13. The molecule has 0 amide bonds. The third-order valence-electron chi connectivity index (χ3n) is 2.73. The quantitative estimate of drug-likeness (QED) is 0.746. The monoisotopic (exact) mass is 225 g/mol. The van der Waals surface area contributed by atoms with Crippen LogP contribution < -0.4 is 5.73 Å². The van der Waals surface area contributed by atoms with Crippen LogP contribution in [0.5, 0.6) is 0 Å². The lowest BCUT2D eigenvalue weighted by Crippen LogP contribution is -2.10. The summed E-state index contributed by atoms with van der Waals surface area (Å²) in [5.74, 6) is 0. The summed E-state index contributed by atoms with van der Waals surface area (Å²) in [5.41, 5.74) is 8.42. The van der Waals surface area contributed by atoms with Crippen LogP contribution in [-0.4, -0.2) is 0 Å². The summed E-state index contributed by atoms with van der Waals surface area (Å²) in [6, 6.07) is 6.23. The summed E-state index contributed by atoms with van der Waals surface area (Å²) in [7, 11) is 0. The largest absolute Gasteiger partial charge is 0.324 e. The second-order valence-corrected chi connectivity index (χ2v) is 4.52. The van der Waals surface area contributed by atoms with Crippen LogP contribution in [0.4, 0.5) is 0 Å². The number of halogens is 1. The molecule has 0 fully saturated rings. The number of rotatable bonds is 5. The Balaban J connectivity index is 2.57. The topological polar surface area (TPSA) is 26.0 Å². The van der Waals surface area contributed by atoms with Gasteiger partial charge in [-0.3, -0.25) is 0 Å². The molecule has 0 aliphatic rings. The number of hydrogen-bond acceptors (Lipinski definition) is 1. The standard InChI is InChI=1S/C13H20ClN/c1-3-4-5-6-13(15)11-7-8-12(14)10(2)9-11/h7-9,13H,3-6,15H2,1-2H3/t13-/m1/s1.